The minimum absolute atomic E-state index is 0.296. The number of hydrogen-bond donors (Lipinski definition) is 1. The molecule has 4 heteroatoms. The van der Waals surface area contributed by atoms with E-state index in [4.69, 9.17) is 11.6 Å². The highest BCUT2D eigenvalue weighted by atomic mass is 79.9. The first kappa shape index (κ1) is 16.3. The van der Waals surface area contributed by atoms with Crippen LogP contribution in [-0.2, 0) is 6.54 Å². The maximum atomic E-state index is 5.94. The Morgan fingerprint density at radius 3 is 2.48 bits per heavy atom. The predicted octanol–water partition coefficient (Wildman–Crippen LogP) is 5.02. The Kier molecular flexibility index (Phi) is 5.68. The number of rotatable bonds is 5. The van der Waals surface area contributed by atoms with Crippen molar-refractivity contribution in [1.82, 2.24) is 5.32 Å². The first-order chi connectivity index (χ1) is 10.0. The Morgan fingerprint density at radius 2 is 1.86 bits per heavy atom. The third kappa shape index (κ3) is 4.22. The van der Waals surface area contributed by atoms with E-state index in [9.17, 15) is 0 Å². The number of nitrogens with zero attached hydrogens (tertiary/aromatic N) is 1. The quantitative estimate of drug-likeness (QED) is 0.798. The molecule has 0 bridgehead atoms. The number of hydrogen-bond acceptors (Lipinski definition) is 2. The lowest BCUT2D eigenvalue weighted by atomic mass is 10.0. The molecule has 1 N–H and O–H groups in total. The van der Waals surface area contributed by atoms with Crippen LogP contribution in [0, 0.1) is 0 Å². The van der Waals surface area contributed by atoms with Crippen molar-refractivity contribution in [3.05, 3.63) is 63.1 Å². The summed E-state index contributed by atoms with van der Waals surface area (Å²) in [4.78, 5) is 2.26. The van der Waals surface area contributed by atoms with Crippen LogP contribution in [0.25, 0.3) is 0 Å². The maximum absolute atomic E-state index is 5.94. The van der Waals surface area contributed by atoms with E-state index in [1.807, 2.05) is 19.2 Å². The van der Waals surface area contributed by atoms with Crippen molar-refractivity contribution in [1.29, 1.82) is 0 Å². The van der Waals surface area contributed by atoms with Crippen molar-refractivity contribution >= 4 is 33.2 Å². The highest BCUT2D eigenvalue weighted by molar-refractivity contribution is 9.10. The molecule has 2 rings (SSSR count). The van der Waals surface area contributed by atoms with Crippen molar-refractivity contribution in [3.8, 4) is 0 Å². The topological polar surface area (TPSA) is 15.3 Å². The Bertz CT molecular complexity index is 598. The molecule has 21 heavy (non-hydrogen) atoms. The molecule has 0 aromatic heterocycles. The van der Waals surface area contributed by atoms with Crippen LogP contribution in [0.5, 0.6) is 0 Å². The average molecular weight is 368 g/mol. The molecular formula is C17H20BrClN2. The normalized spacial score (nSPS) is 12.2. The van der Waals surface area contributed by atoms with Crippen LogP contribution in [0.4, 0.5) is 5.69 Å². The van der Waals surface area contributed by atoms with Gasteiger partial charge in [0.15, 0.2) is 0 Å². The predicted molar refractivity (Wildman–Crippen MR) is 95.2 cm³/mol. The highest BCUT2D eigenvalue weighted by Crippen LogP contribution is 2.29. The molecule has 1 unspecified atom stereocenters. The fourth-order valence-corrected chi connectivity index (χ4v) is 2.83. The van der Waals surface area contributed by atoms with E-state index in [0.29, 0.717) is 6.04 Å². The molecule has 112 valence electrons. The first-order valence-electron chi connectivity index (χ1n) is 6.93. The van der Waals surface area contributed by atoms with Crippen molar-refractivity contribution in [2.75, 3.05) is 19.0 Å². The summed E-state index contributed by atoms with van der Waals surface area (Å²) in [5.41, 5.74) is 3.76. The minimum atomic E-state index is 0.296. The van der Waals surface area contributed by atoms with Crippen molar-refractivity contribution in [2.45, 2.75) is 19.5 Å². The summed E-state index contributed by atoms with van der Waals surface area (Å²) in [6.07, 6.45) is 0. The minimum Gasteiger partial charge on any atom is -0.370 e. The van der Waals surface area contributed by atoms with Gasteiger partial charge in [0.1, 0.15) is 0 Å². The lowest BCUT2D eigenvalue weighted by Crippen LogP contribution is -2.21. The van der Waals surface area contributed by atoms with Gasteiger partial charge in [-0.3, -0.25) is 0 Å². The van der Waals surface area contributed by atoms with Gasteiger partial charge in [0.2, 0.25) is 0 Å². The lowest BCUT2D eigenvalue weighted by molar-refractivity contribution is 0.649. The molecule has 0 aliphatic carbocycles. The summed E-state index contributed by atoms with van der Waals surface area (Å²) in [5.74, 6) is 0. The molecule has 2 aromatic rings. The van der Waals surface area contributed by atoms with Gasteiger partial charge in [0.25, 0.3) is 0 Å². The molecule has 0 aliphatic rings. The fourth-order valence-electron chi connectivity index (χ4n) is 2.32. The summed E-state index contributed by atoms with van der Waals surface area (Å²) < 4.78 is 1.10. The molecule has 0 amide bonds. The van der Waals surface area contributed by atoms with Crippen LogP contribution < -0.4 is 10.2 Å². The largest absolute Gasteiger partial charge is 0.370 e. The van der Waals surface area contributed by atoms with E-state index in [0.717, 1.165) is 16.0 Å². The molecule has 2 nitrogen and oxygen atoms in total. The maximum Gasteiger partial charge on any atom is 0.0426 e. The molecule has 0 spiro atoms. The second kappa shape index (κ2) is 7.30. The Morgan fingerprint density at radius 1 is 1.19 bits per heavy atom. The standard InChI is InChI=1S/C17H20BrClN2/c1-12(20-2)16-10-14(18)6-9-17(16)21(3)11-13-4-7-15(19)8-5-13/h4-10,12,20H,11H2,1-3H3. The Hall–Kier alpha value is -1.03. The van der Waals surface area contributed by atoms with E-state index < -0.39 is 0 Å². The van der Waals surface area contributed by atoms with Crippen molar-refractivity contribution in [2.24, 2.45) is 0 Å². The van der Waals surface area contributed by atoms with Gasteiger partial charge < -0.3 is 10.2 Å². The van der Waals surface area contributed by atoms with Gasteiger partial charge in [0, 0.05) is 34.8 Å². The SMILES string of the molecule is CNC(C)c1cc(Br)ccc1N(C)Cc1ccc(Cl)cc1. The monoisotopic (exact) mass is 366 g/mol. The van der Waals surface area contributed by atoms with Gasteiger partial charge in [0.05, 0.1) is 0 Å². The molecule has 0 radical (unpaired) electrons. The van der Waals surface area contributed by atoms with Crippen LogP contribution >= 0.6 is 27.5 Å². The smallest absolute Gasteiger partial charge is 0.0426 e. The zero-order valence-corrected chi connectivity index (χ0v) is 14.9. The third-order valence-electron chi connectivity index (χ3n) is 3.63. The molecule has 0 saturated heterocycles. The summed E-state index contributed by atoms with van der Waals surface area (Å²) in [6.45, 7) is 3.02. The van der Waals surface area contributed by atoms with Gasteiger partial charge in [-0.15, -0.1) is 0 Å². The lowest BCUT2D eigenvalue weighted by Gasteiger charge is -2.25. The zero-order chi connectivity index (χ0) is 15.4. The van der Waals surface area contributed by atoms with Gasteiger partial charge in [-0.05, 0) is 55.4 Å². The average Bonchev–Trinajstić information content (AvgIpc) is 2.48. The van der Waals surface area contributed by atoms with E-state index in [-0.39, 0.29) is 0 Å². The van der Waals surface area contributed by atoms with E-state index in [1.165, 1.54) is 16.8 Å². The Balaban J connectivity index is 2.26. The van der Waals surface area contributed by atoms with Crippen molar-refractivity contribution in [3.63, 3.8) is 0 Å². The number of halogens is 2. The third-order valence-corrected chi connectivity index (χ3v) is 4.38. The molecule has 0 heterocycles. The van der Waals surface area contributed by atoms with Crippen molar-refractivity contribution < 1.29 is 0 Å². The number of nitrogens with one attached hydrogen (secondary N) is 1. The molecule has 0 aliphatic heterocycles. The molecular weight excluding hydrogens is 348 g/mol. The Labute approximate surface area is 140 Å². The molecule has 0 saturated carbocycles. The summed E-state index contributed by atoms with van der Waals surface area (Å²) in [6, 6.07) is 14.7. The van der Waals surface area contributed by atoms with Gasteiger partial charge in [-0.25, -0.2) is 0 Å². The van der Waals surface area contributed by atoms with E-state index >= 15 is 0 Å². The molecule has 1 atom stereocenters. The van der Waals surface area contributed by atoms with Gasteiger partial charge >= 0.3 is 0 Å². The van der Waals surface area contributed by atoms with Crippen LogP contribution in [0.15, 0.2) is 46.9 Å². The fraction of sp³-hybridized carbons (Fsp3) is 0.294. The summed E-state index contributed by atoms with van der Waals surface area (Å²) in [5, 5.41) is 4.08. The van der Waals surface area contributed by atoms with Crippen LogP contribution in [0.2, 0.25) is 5.02 Å². The summed E-state index contributed by atoms with van der Waals surface area (Å²) >= 11 is 9.50. The number of benzene rings is 2. The molecule has 2 aromatic carbocycles. The van der Waals surface area contributed by atoms with E-state index in [1.54, 1.807) is 0 Å². The van der Waals surface area contributed by atoms with Gasteiger partial charge in [-0.2, -0.15) is 0 Å². The zero-order valence-electron chi connectivity index (χ0n) is 12.5. The first-order valence-corrected chi connectivity index (χ1v) is 8.10. The second-order valence-corrected chi connectivity index (χ2v) is 6.55. The van der Waals surface area contributed by atoms with Crippen LogP contribution in [-0.4, -0.2) is 14.1 Å². The van der Waals surface area contributed by atoms with Crippen LogP contribution in [0.1, 0.15) is 24.1 Å². The number of anilines is 1. The van der Waals surface area contributed by atoms with Gasteiger partial charge in [-0.1, -0.05) is 39.7 Å². The molecule has 0 fully saturated rings. The highest BCUT2D eigenvalue weighted by Gasteiger charge is 2.13. The summed E-state index contributed by atoms with van der Waals surface area (Å²) in [7, 11) is 4.10. The van der Waals surface area contributed by atoms with E-state index in [2.05, 4.69) is 70.4 Å². The van der Waals surface area contributed by atoms with Crippen LogP contribution in [0.3, 0.4) is 0 Å². The second-order valence-electron chi connectivity index (χ2n) is 5.20.